The molecule has 0 aliphatic heterocycles. The highest BCUT2D eigenvalue weighted by Crippen LogP contribution is 2.08. The van der Waals surface area contributed by atoms with Crippen molar-refractivity contribution in [2.75, 3.05) is 18.8 Å². The molecule has 1 N–H and O–H groups in total. The van der Waals surface area contributed by atoms with E-state index in [0.29, 0.717) is 24.1 Å². The van der Waals surface area contributed by atoms with Gasteiger partial charge in [0.15, 0.2) is 9.84 Å². The van der Waals surface area contributed by atoms with Gasteiger partial charge in [-0.25, -0.2) is 8.42 Å². The molecule has 104 valence electrons. The second-order valence-corrected chi connectivity index (χ2v) is 8.29. The largest absolute Gasteiger partial charge is 0.315 e. The SMILES string of the molecule is CC(C)CCNCC(C)S(=O)(=O)CCC(C)C. The van der Waals surface area contributed by atoms with Gasteiger partial charge in [0.25, 0.3) is 0 Å². The molecule has 0 saturated heterocycles. The molecule has 0 heterocycles. The van der Waals surface area contributed by atoms with Gasteiger partial charge in [-0.3, -0.25) is 0 Å². The third kappa shape index (κ3) is 8.61. The van der Waals surface area contributed by atoms with Crippen molar-refractivity contribution in [2.24, 2.45) is 11.8 Å². The van der Waals surface area contributed by atoms with Crippen molar-refractivity contribution in [3.05, 3.63) is 0 Å². The maximum atomic E-state index is 11.9. The van der Waals surface area contributed by atoms with Crippen LogP contribution in [-0.2, 0) is 9.84 Å². The van der Waals surface area contributed by atoms with Crippen LogP contribution in [0, 0.1) is 11.8 Å². The third-order valence-electron chi connectivity index (χ3n) is 2.92. The molecule has 0 fully saturated rings. The normalized spacial score (nSPS) is 14.5. The average molecular weight is 263 g/mol. The summed E-state index contributed by atoms with van der Waals surface area (Å²) in [5.41, 5.74) is 0. The van der Waals surface area contributed by atoms with Crippen LogP contribution in [0.4, 0.5) is 0 Å². The first kappa shape index (κ1) is 16.9. The highest BCUT2D eigenvalue weighted by Gasteiger charge is 2.20. The first-order valence-corrected chi connectivity index (χ1v) is 8.39. The maximum absolute atomic E-state index is 11.9. The predicted molar refractivity (Wildman–Crippen MR) is 75.0 cm³/mol. The monoisotopic (exact) mass is 263 g/mol. The Morgan fingerprint density at radius 1 is 0.941 bits per heavy atom. The van der Waals surface area contributed by atoms with E-state index in [1.54, 1.807) is 6.92 Å². The van der Waals surface area contributed by atoms with Crippen LogP contribution < -0.4 is 5.32 Å². The van der Waals surface area contributed by atoms with E-state index < -0.39 is 9.84 Å². The standard InChI is InChI=1S/C13H29NO2S/c1-11(2)6-8-14-10-13(5)17(15,16)9-7-12(3)4/h11-14H,6-10H2,1-5H3. The summed E-state index contributed by atoms with van der Waals surface area (Å²) < 4.78 is 23.8. The molecule has 4 heteroatoms. The Kier molecular flexibility index (Phi) is 8.05. The summed E-state index contributed by atoms with van der Waals surface area (Å²) in [5.74, 6) is 1.43. The number of rotatable bonds is 9. The Morgan fingerprint density at radius 3 is 1.94 bits per heavy atom. The highest BCUT2D eigenvalue weighted by molar-refractivity contribution is 7.92. The van der Waals surface area contributed by atoms with Gasteiger partial charge in [-0.1, -0.05) is 27.7 Å². The quantitative estimate of drug-likeness (QED) is 0.650. The second kappa shape index (κ2) is 8.09. The van der Waals surface area contributed by atoms with Gasteiger partial charge >= 0.3 is 0 Å². The molecule has 0 spiro atoms. The van der Waals surface area contributed by atoms with Gasteiger partial charge in [0.05, 0.1) is 11.0 Å². The molecular formula is C13H29NO2S. The fraction of sp³-hybridized carbons (Fsp3) is 1.00. The number of nitrogens with one attached hydrogen (secondary N) is 1. The van der Waals surface area contributed by atoms with Crippen molar-refractivity contribution in [3.63, 3.8) is 0 Å². The lowest BCUT2D eigenvalue weighted by molar-refractivity contribution is 0.525. The van der Waals surface area contributed by atoms with Crippen molar-refractivity contribution >= 4 is 9.84 Å². The lowest BCUT2D eigenvalue weighted by atomic mass is 10.1. The molecular weight excluding hydrogens is 234 g/mol. The molecule has 0 bridgehead atoms. The molecule has 0 amide bonds. The zero-order valence-corrected chi connectivity index (χ0v) is 12.8. The van der Waals surface area contributed by atoms with Gasteiger partial charge in [0, 0.05) is 6.54 Å². The summed E-state index contributed by atoms with van der Waals surface area (Å²) in [4.78, 5) is 0. The lowest BCUT2D eigenvalue weighted by Crippen LogP contribution is -2.33. The first-order valence-electron chi connectivity index (χ1n) is 6.68. The molecule has 0 aromatic rings. The minimum Gasteiger partial charge on any atom is -0.315 e. The number of hydrogen-bond donors (Lipinski definition) is 1. The minimum atomic E-state index is -2.92. The Morgan fingerprint density at radius 2 is 1.47 bits per heavy atom. The van der Waals surface area contributed by atoms with E-state index >= 15 is 0 Å². The molecule has 17 heavy (non-hydrogen) atoms. The second-order valence-electron chi connectivity index (χ2n) is 5.75. The van der Waals surface area contributed by atoms with E-state index in [1.165, 1.54) is 0 Å². The van der Waals surface area contributed by atoms with Crippen molar-refractivity contribution in [1.82, 2.24) is 5.32 Å². The van der Waals surface area contributed by atoms with Crippen LogP contribution in [0.2, 0.25) is 0 Å². The topological polar surface area (TPSA) is 46.2 Å². The Labute approximate surface area is 107 Å². The molecule has 0 aromatic carbocycles. The first-order chi connectivity index (χ1) is 7.75. The summed E-state index contributed by atoms with van der Waals surface area (Å²) in [6.45, 7) is 11.7. The molecule has 0 aliphatic rings. The van der Waals surface area contributed by atoms with Crippen molar-refractivity contribution in [3.8, 4) is 0 Å². The summed E-state index contributed by atoms with van der Waals surface area (Å²) >= 11 is 0. The Bertz CT molecular complexity index is 284. The van der Waals surface area contributed by atoms with Gasteiger partial charge in [-0.15, -0.1) is 0 Å². The number of sulfone groups is 1. The zero-order chi connectivity index (χ0) is 13.5. The summed E-state index contributed by atoms with van der Waals surface area (Å²) in [6.07, 6.45) is 1.86. The van der Waals surface area contributed by atoms with E-state index in [-0.39, 0.29) is 5.25 Å². The molecule has 0 rings (SSSR count). The van der Waals surface area contributed by atoms with E-state index in [1.807, 2.05) is 0 Å². The minimum absolute atomic E-state index is 0.270. The molecule has 3 nitrogen and oxygen atoms in total. The van der Waals surface area contributed by atoms with Crippen molar-refractivity contribution in [1.29, 1.82) is 0 Å². The molecule has 0 radical (unpaired) electrons. The fourth-order valence-electron chi connectivity index (χ4n) is 1.42. The molecule has 0 saturated carbocycles. The molecule has 1 atom stereocenters. The van der Waals surface area contributed by atoms with Crippen LogP contribution in [0.1, 0.15) is 47.5 Å². The summed E-state index contributed by atoms with van der Waals surface area (Å²) in [6, 6.07) is 0. The van der Waals surface area contributed by atoms with Crippen molar-refractivity contribution in [2.45, 2.75) is 52.7 Å². The van der Waals surface area contributed by atoms with Gasteiger partial charge in [0.2, 0.25) is 0 Å². The van der Waals surface area contributed by atoms with Crippen LogP contribution in [0.5, 0.6) is 0 Å². The maximum Gasteiger partial charge on any atom is 0.154 e. The van der Waals surface area contributed by atoms with Gasteiger partial charge in [-0.2, -0.15) is 0 Å². The van der Waals surface area contributed by atoms with E-state index in [2.05, 4.69) is 33.0 Å². The van der Waals surface area contributed by atoms with Crippen LogP contribution in [0.25, 0.3) is 0 Å². The van der Waals surface area contributed by atoms with E-state index in [9.17, 15) is 8.42 Å². The molecule has 1 unspecified atom stereocenters. The third-order valence-corrected chi connectivity index (χ3v) is 5.12. The Hall–Kier alpha value is -0.0900. The van der Waals surface area contributed by atoms with Crippen LogP contribution in [0.15, 0.2) is 0 Å². The molecule has 0 aliphatic carbocycles. The van der Waals surface area contributed by atoms with Crippen LogP contribution >= 0.6 is 0 Å². The van der Waals surface area contributed by atoms with Crippen LogP contribution in [0.3, 0.4) is 0 Å². The molecule has 0 aromatic heterocycles. The van der Waals surface area contributed by atoms with Gasteiger partial charge in [0.1, 0.15) is 0 Å². The van der Waals surface area contributed by atoms with Crippen LogP contribution in [-0.4, -0.2) is 32.5 Å². The van der Waals surface area contributed by atoms with Crippen molar-refractivity contribution < 1.29 is 8.42 Å². The van der Waals surface area contributed by atoms with Gasteiger partial charge < -0.3 is 5.32 Å². The Balaban J connectivity index is 3.91. The van der Waals surface area contributed by atoms with E-state index in [4.69, 9.17) is 0 Å². The lowest BCUT2D eigenvalue weighted by Gasteiger charge is -2.15. The van der Waals surface area contributed by atoms with E-state index in [0.717, 1.165) is 19.4 Å². The fourth-order valence-corrected chi connectivity index (χ4v) is 3.00. The number of hydrogen-bond acceptors (Lipinski definition) is 3. The average Bonchev–Trinajstić information content (AvgIpc) is 2.21. The predicted octanol–water partition coefficient (Wildman–Crippen LogP) is 2.47. The highest BCUT2D eigenvalue weighted by atomic mass is 32.2. The smallest absolute Gasteiger partial charge is 0.154 e. The zero-order valence-electron chi connectivity index (χ0n) is 12.0. The van der Waals surface area contributed by atoms with Gasteiger partial charge in [-0.05, 0) is 38.1 Å². The summed E-state index contributed by atoms with van der Waals surface area (Å²) in [5, 5.41) is 2.96. The summed E-state index contributed by atoms with van der Waals surface area (Å²) in [7, 11) is -2.92.